The monoisotopic (exact) mass is 855 g/mol. The number of benzene rings is 4. The van der Waals surface area contributed by atoms with Gasteiger partial charge in [0.2, 0.25) is 6.79 Å². The first-order valence-electron chi connectivity index (χ1n) is 20.8. The number of nitrogens with zero attached hydrogens (tertiary/aromatic N) is 2. The fraction of sp³-hybridized carbons (Fsp3) is 0.413. The van der Waals surface area contributed by atoms with Crippen molar-refractivity contribution < 1.29 is 33.3 Å². The summed E-state index contributed by atoms with van der Waals surface area (Å²) < 4.78 is 21.8. The van der Waals surface area contributed by atoms with Crippen molar-refractivity contribution in [2.24, 2.45) is 5.73 Å². The number of rotatable bonds is 13. The molecule has 4 saturated heterocycles. The van der Waals surface area contributed by atoms with Crippen LogP contribution in [-0.2, 0) is 22.7 Å². The number of primary amides is 1. The first-order valence-corrected chi connectivity index (χ1v) is 21.5. The second-order valence-electron chi connectivity index (χ2n) is 16.3. The highest BCUT2D eigenvalue weighted by atomic mass is 35.5. The number of piperidine rings is 2. The van der Waals surface area contributed by atoms with E-state index in [1.165, 1.54) is 24.0 Å². The summed E-state index contributed by atoms with van der Waals surface area (Å²) in [6.07, 6.45) is 8.55. The van der Waals surface area contributed by atoms with Crippen molar-refractivity contribution in [3.63, 3.8) is 0 Å². The second-order valence-corrected chi connectivity index (χ2v) is 17.2. The molecule has 0 radical (unpaired) electrons. The second kappa shape index (κ2) is 19.1. The van der Waals surface area contributed by atoms with Gasteiger partial charge in [-0.1, -0.05) is 59.6 Å². The number of carbonyl (C=O) groups is 3. The number of para-hydroxylation sites is 1. The van der Waals surface area contributed by atoms with Crippen molar-refractivity contribution in [3.05, 3.63) is 118 Å². The molecule has 0 spiro atoms. The zero-order chi connectivity index (χ0) is 41.6. The Labute approximate surface area is 360 Å². The molecule has 12 nitrogen and oxygen atoms in total. The fourth-order valence-electron chi connectivity index (χ4n) is 9.50. The summed E-state index contributed by atoms with van der Waals surface area (Å²) in [5, 5.41) is 7.80. The molecule has 5 heterocycles. The van der Waals surface area contributed by atoms with Crippen LogP contribution >= 0.6 is 23.2 Å². The molecule has 4 unspecified atom stereocenters. The van der Waals surface area contributed by atoms with Gasteiger partial charge in [0, 0.05) is 65.5 Å². The smallest absolute Gasteiger partial charge is 0.258 e. The number of amides is 3. The Hall–Kier alpha value is -5.01. The molecule has 4 aromatic rings. The van der Waals surface area contributed by atoms with Crippen LogP contribution in [0.25, 0.3) is 0 Å². The summed E-state index contributed by atoms with van der Waals surface area (Å²) in [4.78, 5) is 41.5. The Bertz CT molecular complexity index is 2110. The molecule has 4 aromatic carbocycles. The standard InChI is InChI=1S/C23H26ClN3O3.C23H25ClN2O4/c24-16-7-5-15(6-8-16)13-27-18-9-10-19(27)12-17(11-18)26-22(28)14-30-21-4-2-1-3-20(21)23(25)29;24-16-3-1-15(2-4-16)12-26-18-5-6-19(26)10-17(9-18)25-23(27)13-28-20-7-8-21-22(11-20)30-14-29-21/h1-8,17-19H,9-14H2,(H2,25,29)(H,26,28);1-4,7-8,11,17-19H,5-6,9-10,12-14H2,(H,25,27). The molecule has 0 aromatic heterocycles. The molecular formula is C46H51Cl2N5O7. The number of fused-ring (bicyclic) bond motifs is 5. The van der Waals surface area contributed by atoms with E-state index in [-0.39, 0.29) is 49.5 Å². The van der Waals surface area contributed by atoms with Gasteiger partial charge in [-0.2, -0.15) is 0 Å². The van der Waals surface area contributed by atoms with Gasteiger partial charge in [-0.15, -0.1) is 0 Å². The molecule has 5 aliphatic heterocycles. The van der Waals surface area contributed by atoms with Crippen LogP contribution in [-0.4, -0.2) is 83.8 Å². The fourth-order valence-corrected chi connectivity index (χ4v) is 9.75. The van der Waals surface area contributed by atoms with E-state index in [1.807, 2.05) is 24.3 Å². The van der Waals surface area contributed by atoms with Crippen molar-refractivity contribution >= 4 is 40.9 Å². The van der Waals surface area contributed by atoms with Crippen LogP contribution in [0.4, 0.5) is 0 Å². The highest BCUT2D eigenvalue weighted by molar-refractivity contribution is 6.30. The minimum absolute atomic E-state index is 0.0000336. The molecule has 4 fully saturated rings. The topological polar surface area (TPSA) is 145 Å². The predicted molar refractivity (Wildman–Crippen MR) is 228 cm³/mol. The molecule has 0 aliphatic carbocycles. The number of carbonyl (C=O) groups excluding carboxylic acids is 3. The van der Waals surface area contributed by atoms with Crippen LogP contribution in [0.2, 0.25) is 10.0 Å². The van der Waals surface area contributed by atoms with Crippen LogP contribution < -0.4 is 35.3 Å². The summed E-state index contributed by atoms with van der Waals surface area (Å²) in [5.41, 5.74) is 8.18. The van der Waals surface area contributed by atoms with Crippen LogP contribution in [0, 0.1) is 0 Å². The van der Waals surface area contributed by atoms with Crippen molar-refractivity contribution in [2.45, 2.75) is 101 Å². The molecule has 9 rings (SSSR count). The number of halogens is 2. The lowest BCUT2D eigenvalue weighted by molar-refractivity contribution is -0.125. The van der Waals surface area contributed by atoms with E-state index >= 15 is 0 Å². The number of nitrogens with two attached hydrogens (primary N) is 1. The maximum absolute atomic E-state index is 12.4. The van der Waals surface area contributed by atoms with Gasteiger partial charge in [0.25, 0.3) is 17.7 Å². The van der Waals surface area contributed by atoms with Crippen molar-refractivity contribution in [1.82, 2.24) is 20.4 Å². The van der Waals surface area contributed by atoms with Crippen molar-refractivity contribution in [3.8, 4) is 23.0 Å². The van der Waals surface area contributed by atoms with Crippen molar-refractivity contribution in [1.29, 1.82) is 0 Å². The Kier molecular flexibility index (Phi) is 13.3. The first-order chi connectivity index (χ1) is 29.1. The molecular weight excluding hydrogens is 805 g/mol. The quantitative estimate of drug-likeness (QED) is 0.131. The maximum Gasteiger partial charge on any atom is 0.258 e. The number of nitrogens with one attached hydrogen (secondary N) is 2. The lowest BCUT2D eigenvalue weighted by atomic mass is 9.96. The third-order valence-corrected chi connectivity index (χ3v) is 12.8. The lowest BCUT2D eigenvalue weighted by Gasteiger charge is -2.39. The van der Waals surface area contributed by atoms with Gasteiger partial charge in [-0.25, -0.2) is 0 Å². The first kappa shape index (κ1) is 41.7. The van der Waals surface area contributed by atoms with E-state index in [2.05, 4.69) is 44.7 Å². The lowest BCUT2D eigenvalue weighted by Crippen LogP contribution is -2.50. The van der Waals surface area contributed by atoms with Crippen LogP contribution in [0.3, 0.4) is 0 Å². The van der Waals surface area contributed by atoms with Gasteiger partial charge in [0.1, 0.15) is 11.5 Å². The molecule has 4 N–H and O–H groups in total. The van der Waals surface area contributed by atoms with E-state index in [0.717, 1.165) is 61.7 Å². The minimum Gasteiger partial charge on any atom is -0.484 e. The van der Waals surface area contributed by atoms with E-state index < -0.39 is 5.91 Å². The third kappa shape index (κ3) is 10.5. The molecule has 0 saturated carbocycles. The predicted octanol–water partition coefficient (Wildman–Crippen LogP) is 6.89. The van der Waals surface area contributed by atoms with Gasteiger partial charge in [-0.05, 0) is 111 Å². The van der Waals surface area contributed by atoms with Crippen molar-refractivity contribution in [2.75, 3.05) is 20.0 Å². The average molecular weight is 857 g/mol. The molecule has 4 bridgehead atoms. The summed E-state index contributed by atoms with van der Waals surface area (Å²) in [6, 6.07) is 30.5. The Morgan fingerprint density at radius 1 is 0.633 bits per heavy atom. The zero-order valence-electron chi connectivity index (χ0n) is 33.4. The van der Waals surface area contributed by atoms with Crippen LogP contribution in [0.1, 0.15) is 72.9 Å². The molecule has 60 heavy (non-hydrogen) atoms. The Morgan fingerprint density at radius 2 is 1.12 bits per heavy atom. The molecule has 5 aliphatic rings. The van der Waals surface area contributed by atoms with Gasteiger partial charge in [-0.3, -0.25) is 24.2 Å². The number of ether oxygens (including phenoxy) is 4. The highest BCUT2D eigenvalue weighted by Crippen LogP contribution is 2.39. The number of hydrogen-bond donors (Lipinski definition) is 3. The van der Waals surface area contributed by atoms with Gasteiger partial charge in [0.05, 0.1) is 5.56 Å². The normalized spacial score (nSPS) is 23.9. The molecule has 316 valence electrons. The van der Waals surface area contributed by atoms with Crippen LogP contribution in [0.5, 0.6) is 23.0 Å². The third-order valence-electron chi connectivity index (χ3n) is 12.3. The summed E-state index contributed by atoms with van der Waals surface area (Å²) >= 11 is 12.0. The highest BCUT2D eigenvalue weighted by Gasteiger charge is 2.42. The van der Waals surface area contributed by atoms with E-state index in [0.29, 0.717) is 47.2 Å². The largest absolute Gasteiger partial charge is 0.484 e. The number of hydrogen-bond acceptors (Lipinski definition) is 9. The summed E-state index contributed by atoms with van der Waals surface area (Å²) in [7, 11) is 0. The Balaban J connectivity index is 0.000000166. The SMILES string of the molecule is NC(=O)c1ccccc1OCC(=O)NC1CC2CCC(C1)N2Cc1ccc(Cl)cc1.O=C(COc1ccc2c(c1)OCO2)NC1CC2CCC(C1)N2Cc1ccc(Cl)cc1. The molecule has 3 amide bonds. The summed E-state index contributed by atoms with van der Waals surface area (Å²) in [6.45, 7) is 1.95. The molecule has 4 atom stereocenters. The zero-order valence-corrected chi connectivity index (χ0v) is 34.9. The minimum atomic E-state index is -0.573. The van der Waals surface area contributed by atoms with E-state index in [1.54, 1.807) is 42.5 Å². The maximum atomic E-state index is 12.4. The molecule has 14 heteroatoms. The van der Waals surface area contributed by atoms with Crippen LogP contribution in [0.15, 0.2) is 91.0 Å². The average Bonchev–Trinajstić information content (AvgIpc) is 3.87. The van der Waals surface area contributed by atoms with Gasteiger partial charge >= 0.3 is 0 Å². The van der Waals surface area contributed by atoms with Gasteiger partial charge < -0.3 is 35.3 Å². The van der Waals surface area contributed by atoms with E-state index in [4.69, 9.17) is 47.9 Å². The van der Waals surface area contributed by atoms with Gasteiger partial charge in [0.15, 0.2) is 24.7 Å². The Morgan fingerprint density at radius 3 is 1.63 bits per heavy atom. The summed E-state index contributed by atoms with van der Waals surface area (Å²) in [5.74, 6) is 1.46. The van der Waals surface area contributed by atoms with E-state index in [9.17, 15) is 14.4 Å².